The van der Waals surface area contributed by atoms with Crippen LogP contribution in [0, 0.1) is 0 Å². The van der Waals surface area contributed by atoms with E-state index in [1.54, 1.807) is 35.0 Å². The molecule has 1 amide bonds. The highest BCUT2D eigenvalue weighted by Gasteiger charge is 2.16. The number of benzene rings is 2. The lowest BCUT2D eigenvalue weighted by atomic mass is 10.2. The Balaban J connectivity index is 1.72. The van der Waals surface area contributed by atoms with Crippen molar-refractivity contribution in [3.05, 3.63) is 74.9 Å². The predicted molar refractivity (Wildman–Crippen MR) is 116 cm³/mol. The van der Waals surface area contributed by atoms with Crippen molar-refractivity contribution in [1.29, 1.82) is 0 Å². The molecule has 0 aliphatic heterocycles. The molecular weight excluding hydrogens is 431 g/mol. The molecule has 2 heterocycles. The topological polar surface area (TPSA) is 69.0 Å². The second-order valence-electron chi connectivity index (χ2n) is 5.94. The van der Waals surface area contributed by atoms with Crippen molar-refractivity contribution < 1.29 is 9.53 Å². The molecule has 29 heavy (non-hydrogen) atoms. The van der Waals surface area contributed by atoms with Crippen LogP contribution in [0.4, 0.5) is 5.69 Å². The molecule has 2 aromatic heterocycles. The number of rotatable bonds is 5. The standard InChI is InChI=1S/C20H14Cl2N4O2S/c1-28-20-24-18(12-7-8-15(21)16(22)10-12)26(25-20)14-5-2-4-13(11-14)23-19(27)17-6-3-9-29-17/h2-11H,1H3,(H,23,27). The van der Waals surface area contributed by atoms with Crippen LogP contribution < -0.4 is 10.1 Å². The predicted octanol–water partition coefficient (Wildman–Crippen LogP) is 5.56. The molecule has 0 atom stereocenters. The van der Waals surface area contributed by atoms with Gasteiger partial charge in [0.1, 0.15) is 0 Å². The Morgan fingerprint density at radius 2 is 1.97 bits per heavy atom. The number of amides is 1. The number of halogens is 2. The molecule has 0 saturated heterocycles. The summed E-state index contributed by atoms with van der Waals surface area (Å²) in [6, 6.07) is 16.3. The summed E-state index contributed by atoms with van der Waals surface area (Å²) in [7, 11) is 1.50. The Morgan fingerprint density at radius 3 is 2.69 bits per heavy atom. The summed E-state index contributed by atoms with van der Waals surface area (Å²) in [5.41, 5.74) is 2.06. The number of carbonyl (C=O) groups is 1. The van der Waals surface area contributed by atoms with Crippen molar-refractivity contribution in [3.8, 4) is 23.1 Å². The molecule has 9 heteroatoms. The first kappa shape index (κ1) is 19.4. The fourth-order valence-electron chi connectivity index (χ4n) is 2.70. The number of methoxy groups -OCH3 is 1. The third-order valence-corrected chi connectivity index (χ3v) is 5.65. The zero-order valence-electron chi connectivity index (χ0n) is 15.1. The van der Waals surface area contributed by atoms with E-state index >= 15 is 0 Å². The lowest BCUT2D eigenvalue weighted by Gasteiger charge is -2.09. The molecule has 2 aromatic carbocycles. The highest BCUT2D eigenvalue weighted by atomic mass is 35.5. The summed E-state index contributed by atoms with van der Waals surface area (Å²) >= 11 is 13.6. The summed E-state index contributed by atoms with van der Waals surface area (Å²) in [5.74, 6) is 0.361. The van der Waals surface area contributed by atoms with Gasteiger partial charge < -0.3 is 10.1 Å². The van der Waals surface area contributed by atoms with E-state index in [0.29, 0.717) is 32.1 Å². The van der Waals surface area contributed by atoms with Crippen molar-refractivity contribution >= 4 is 46.1 Å². The van der Waals surface area contributed by atoms with E-state index in [4.69, 9.17) is 27.9 Å². The number of hydrogen-bond donors (Lipinski definition) is 1. The van der Waals surface area contributed by atoms with Gasteiger partial charge in [-0.15, -0.1) is 16.4 Å². The Hall–Kier alpha value is -2.87. The molecule has 0 fully saturated rings. The molecule has 0 unspecified atom stereocenters. The smallest absolute Gasteiger partial charge is 0.336 e. The van der Waals surface area contributed by atoms with Crippen LogP contribution in [0.25, 0.3) is 17.1 Å². The fraction of sp³-hybridized carbons (Fsp3) is 0.0500. The molecule has 146 valence electrons. The van der Waals surface area contributed by atoms with Crippen molar-refractivity contribution in [1.82, 2.24) is 14.8 Å². The van der Waals surface area contributed by atoms with Crippen molar-refractivity contribution in [2.75, 3.05) is 12.4 Å². The number of aromatic nitrogens is 3. The van der Waals surface area contributed by atoms with E-state index in [1.807, 2.05) is 29.6 Å². The Bertz CT molecular complexity index is 1180. The largest absolute Gasteiger partial charge is 0.466 e. The SMILES string of the molecule is COc1nc(-c2ccc(Cl)c(Cl)c2)n(-c2cccc(NC(=O)c3cccs3)c2)n1. The molecule has 0 spiro atoms. The maximum Gasteiger partial charge on any atom is 0.336 e. The molecular formula is C20H14Cl2N4O2S. The third-order valence-electron chi connectivity index (χ3n) is 4.04. The lowest BCUT2D eigenvalue weighted by molar-refractivity contribution is 0.103. The van der Waals surface area contributed by atoms with Crippen LogP contribution >= 0.6 is 34.5 Å². The second-order valence-corrected chi connectivity index (χ2v) is 7.71. The van der Waals surface area contributed by atoms with Gasteiger partial charge in [0.25, 0.3) is 5.91 Å². The zero-order chi connectivity index (χ0) is 20.4. The first-order valence-electron chi connectivity index (χ1n) is 8.47. The molecule has 0 saturated carbocycles. The zero-order valence-corrected chi connectivity index (χ0v) is 17.4. The molecule has 0 aliphatic carbocycles. The van der Waals surface area contributed by atoms with Crippen LogP contribution in [0.15, 0.2) is 60.0 Å². The van der Waals surface area contributed by atoms with Gasteiger partial charge in [0.15, 0.2) is 5.82 Å². The Kier molecular flexibility index (Phi) is 5.53. The number of hydrogen-bond acceptors (Lipinski definition) is 5. The molecule has 0 radical (unpaired) electrons. The van der Waals surface area contributed by atoms with Gasteiger partial charge in [0.05, 0.1) is 27.7 Å². The minimum Gasteiger partial charge on any atom is -0.466 e. The van der Waals surface area contributed by atoms with Crippen LogP contribution in [-0.2, 0) is 0 Å². The first-order chi connectivity index (χ1) is 14.0. The van der Waals surface area contributed by atoms with Crippen LogP contribution in [-0.4, -0.2) is 27.8 Å². The van der Waals surface area contributed by atoms with E-state index in [2.05, 4.69) is 15.4 Å². The van der Waals surface area contributed by atoms with E-state index < -0.39 is 0 Å². The molecule has 0 bridgehead atoms. The summed E-state index contributed by atoms with van der Waals surface area (Å²) in [4.78, 5) is 17.4. The van der Waals surface area contributed by atoms with E-state index in [0.717, 1.165) is 5.56 Å². The van der Waals surface area contributed by atoms with Gasteiger partial charge >= 0.3 is 6.01 Å². The van der Waals surface area contributed by atoms with Gasteiger partial charge in [0, 0.05) is 11.3 Å². The highest BCUT2D eigenvalue weighted by molar-refractivity contribution is 7.12. The minimum absolute atomic E-state index is 0.168. The third kappa shape index (κ3) is 4.12. The van der Waals surface area contributed by atoms with E-state index in [9.17, 15) is 4.79 Å². The quantitative estimate of drug-likeness (QED) is 0.437. The number of nitrogens with one attached hydrogen (secondary N) is 1. The van der Waals surface area contributed by atoms with E-state index in [-0.39, 0.29) is 11.9 Å². The van der Waals surface area contributed by atoms with Crippen LogP contribution in [0.1, 0.15) is 9.67 Å². The summed E-state index contributed by atoms with van der Waals surface area (Å²) in [6.45, 7) is 0. The van der Waals surface area contributed by atoms with Crippen molar-refractivity contribution in [2.45, 2.75) is 0 Å². The highest BCUT2D eigenvalue weighted by Crippen LogP contribution is 2.30. The molecule has 1 N–H and O–H groups in total. The molecule has 0 aliphatic rings. The average molecular weight is 445 g/mol. The number of ether oxygens (including phenoxy) is 1. The van der Waals surface area contributed by atoms with Crippen LogP contribution in [0.2, 0.25) is 10.0 Å². The van der Waals surface area contributed by atoms with Gasteiger partial charge in [-0.1, -0.05) is 35.3 Å². The van der Waals surface area contributed by atoms with Crippen LogP contribution in [0.3, 0.4) is 0 Å². The molecule has 6 nitrogen and oxygen atoms in total. The lowest BCUT2D eigenvalue weighted by Crippen LogP contribution is -2.10. The normalized spacial score (nSPS) is 10.7. The Labute approximate surface area is 180 Å². The maximum absolute atomic E-state index is 12.3. The number of thiophene rings is 1. The second kappa shape index (κ2) is 8.24. The van der Waals surface area contributed by atoms with Gasteiger partial charge in [-0.05, 0) is 47.8 Å². The summed E-state index contributed by atoms with van der Waals surface area (Å²) in [6.07, 6.45) is 0. The van der Waals surface area contributed by atoms with Crippen LogP contribution in [0.5, 0.6) is 6.01 Å². The summed E-state index contributed by atoms with van der Waals surface area (Å²) in [5, 5.41) is 10.0. The number of carbonyl (C=O) groups excluding carboxylic acids is 1. The minimum atomic E-state index is -0.168. The maximum atomic E-state index is 12.3. The van der Waals surface area contributed by atoms with Gasteiger partial charge in [-0.2, -0.15) is 4.98 Å². The van der Waals surface area contributed by atoms with E-state index in [1.165, 1.54) is 18.4 Å². The van der Waals surface area contributed by atoms with Gasteiger partial charge in [0.2, 0.25) is 0 Å². The Morgan fingerprint density at radius 1 is 1.10 bits per heavy atom. The number of anilines is 1. The molecule has 4 rings (SSSR count). The van der Waals surface area contributed by atoms with Gasteiger partial charge in [-0.3, -0.25) is 4.79 Å². The summed E-state index contributed by atoms with van der Waals surface area (Å²) < 4.78 is 6.83. The fourth-order valence-corrected chi connectivity index (χ4v) is 3.61. The average Bonchev–Trinajstić information content (AvgIpc) is 3.40. The first-order valence-corrected chi connectivity index (χ1v) is 10.1. The monoisotopic (exact) mass is 444 g/mol. The van der Waals surface area contributed by atoms with Crippen molar-refractivity contribution in [3.63, 3.8) is 0 Å². The van der Waals surface area contributed by atoms with Crippen molar-refractivity contribution in [2.24, 2.45) is 0 Å². The molecule has 4 aromatic rings. The van der Waals surface area contributed by atoms with Gasteiger partial charge in [-0.25, -0.2) is 4.68 Å². The number of nitrogens with zero attached hydrogens (tertiary/aromatic N) is 3.